The third kappa shape index (κ3) is 25.5. The monoisotopic (exact) mass is 1260 g/mol. The molecule has 0 bridgehead atoms. The Morgan fingerprint density at radius 2 is 1.18 bits per heavy atom. The smallest absolute Gasteiger partial charge is 0.321 e. The second-order valence-corrected chi connectivity index (χ2v) is 22.8. The fourth-order valence-corrected chi connectivity index (χ4v) is 9.85. The van der Waals surface area contributed by atoms with E-state index in [4.69, 9.17) is 38.1 Å². The molecule has 0 radical (unpaired) electrons. The number of hydrogen-bond donors (Lipinski definition) is 17. The highest BCUT2D eigenvalue weighted by molar-refractivity contribution is 6.00. The minimum absolute atomic E-state index is 0.0279. The molecule has 31 heteroatoms. The number of ether oxygens (including phenoxy) is 2. The molecule has 0 saturated carbocycles. The van der Waals surface area contributed by atoms with E-state index >= 15 is 0 Å². The van der Waals surface area contributed by atoms with Crippen molar-refractivity contribution >= 4 is 71.0 Å². The summed E-state index contributed by atoms with van der Waals surface area (Å²) in [7, 11) is 0. The Morgan fingerprint density at radius 3 is 1.74 bits per heavy atom. The average molecular weight is 1260 g/mol. The number of aliphatic hydroxyl groups excluding tert-OH is 2. The molecule has 0 aliphatic carbocycles. The van der Waals surface area contributed by atoms with Crippen molar-refractivity contribution in [2.24, 2.45) is 40.5 Å². The normalized spacial score (nSPS) is 24.5. The van der Waals surface area contributed by atoms with Crippen molar-refractivity contribution in [3.8, 4) is 0 Å². The lowest BCUT2D eigenvalue weighted by molar-refractivity contribution is -0.164. The first-order valence-corrected chi connectivity index (χ1v) is 30.6. The number of unbranched alkanes of at least 4 members (excludes halogenated alkanes) is 2. The first-order chi connectivity index (χ1) is 42.3. The number of nitrogens with one attached hydrogen (secondary N) is 10. The predicted molar refractivity (Wildman–Crippen MR) is 323 cm³/mol. The van der Waals surface area contributed by atoms with Crippen LogP contribution < -0.4 is 81.8 Å². The lowest BCUT2D eigenvalue weighted by atomic mass is 10.00. The van der Waals surface area contributed by atoms with Crippen molar-refractivity contribution in [3.05, 3.63) is 35.9 Å². The molecule has 1 aromatic carbocycles. The molecule has 3 rings (SSSR count). The van der Waals surface area contributed by atoms with Crippen molar-refractivity contribution in [1.82, 2.24) is 53.2 Å². The van der Waals surface area contributed by atoms with Gasteiger partial charge in [0.15, 0.2) is 12.0 Å². The van der Waals surface area contributed by atoms with Crippen molar-refractivity contribution in [2.75, 3.05) is 39.3 Å². The molecule has 2 saturated heterocycles. The highest BCUT2D eigenvalue weighted by atomic mass is 16.6. The van der Waals surface area contributed by atoms with Crippen LogP contribution in [0.1, 0.15) is 124 Å². The minimum atomic E-state index is -1.83. The number of benzene rings is 1. The van der Waals surface area contributed by atoms with Gasteiger partial charge in [0.05, 0.1) is 12.2 Å². The summed E-state index contributed by atoms with van der Waals surface area (Å²) in [5.41, 5.74) is 29.9. The van der Waals surface area contributed by atoms with E-state index in [2.05, 4.69) is 53.2 Å². The van der Waals surface area contributed by atoms with E-state index in [-0.39, 0.29) is 96.4 Å². The maximum absolute atomic E-state index is 14.6. The molecule has 0 spiro atoms. The maximum Gasteiger partial charge on any atom is 0.321 e. The molecule has 2 heterocycles. The van der Waals surface area contributed by atoms with Gasteiger partial charge in [-0.3, -0.25) is 57.5 Å². The number of carbonyl (C=O) groups excluding carboxylic acids is 12. The zero-order valence-electron chi connectivity index (χ0n) is 51.7. The summed E-state index contributed by atoms with van der Waals surface area (Å²) in [6.45, 7) is 6.69. The molecule has 1 aromatic rings. The van der Waals surface area contributed by atoms with Crippen molar-refractivity contribution in [3.63, 3.8) is 0 Å². The predicted octanol–water partition coefficient (Wildman–Crippen LogP) is -5.52. The van der Waals surface area contributed by atoms with E-state index in [1.54, 1.807) is 44.2 Å². The molecule has 2 fully saturated rings. The first-order valence-electron chi connectivity index (χ1n) is 30.6. The van der Waals surface area contributed by atoms with Gasteiger partial charge < -0.3 is 102 Å². The van der Waals surface area contributed by atoms with Crippen molar-refractivity contribution in [1.29, 1.82) is 0 Å². The Bertz CT molecular complexity index is 2510. The zero-order valence-corrected chi connectivity index (χ0v) is 51.7. The molecule has 3 unspecified atom stereocenters. The van der Waals surface area contributed by atoms with Gasteiger partial charge in [-0.15, -0.1) is 0 Å². The van der Waals surface area contributed by atoms with Gasteiger partial charge in [-0.25, -0.2) is 0 Å². The van der Waals surface area contributed by atoms with Crippen LogP contribution in [0.25, 0.3) is 0 Å². The largest absolute Gasteiger partial charge is 0.462 e. The molecular formula is C58H97N15O16. The lowest BCUT2D eigenvalue weighted by Crippen LogP contribution is -2.61. The molecule has 2 aliphatic rings. The summed E-state index contributed by atoms with van der Waals surface area (Å²) < 4.78 is 10.8. The second-order valence-electron chi connectivity index (χ2n) is 22.8. The summed E-state index contributed by atoms with van der Waals surface area (Å²) in [6, 6.07) is -5.38. The number of esters is 2. The van der Waals surface area contributed by atoms with Gasteiger partial charge in [0.1, 0.15) is 60.5 Å². The summed E-state index contributed by atoms with van der Waals surface area (Å²) in [5, 5.41) is 47.0. The molecular weight excluding hydrogens is 1160 g/mol. The van der Waals surface area contributed by atoms with Crippen LogP contribution in [0.15, 0.2) is 30.3 Å². The number of hydrogen-bond acceptors (Lipinski definition) is 21. The highest BCUT2D eigenvalue weighted by Gasteiger charge is 2.43. The van der Waals surface area contributed by atoms with E-state index in [0.717, 1.165) is 26.2 Å². The van der Waals surface area contributed by atoms with E-state index in [1.807, 2.05) is 6.92 Å². The number of aliphatic hydroxyl groups is 2. The van der Waals surface area contributed by atoms with Gasteiger partial charge in [0, 0.05) is 25.8 Å². The van der Waals surface area contributed by atoms with Crippen LogP contribution in [0.4, 0.5) is 0 Å². The molecule has 500 valence electrons. The Balaban J connectivity index is 2.07. The fourth-order valence-electron chi connectivity index (χ4n) is 9.85. The molecule has 89 heavy (non-hydrogen) atoms. The number of nitrogens with two attached hydrogens (primary N) is 5. The number of carbonyl (C=O) groups is 12. The van der Waals surface area contributed by atoms with Gasteiger partial charge in [-0.1, -0.05) is 63.9 Å². The fraction of sp³-hybridized carbons (Fsp3) is 0.690. The van der Waals surface area contributed by atoms with Gasteiger partial charge in [0.25, 0.3) is 5.91 Å². The minimum Gasteiger partial charge on any atom is -0.462 e. The lowest BCUT2D eigenvalue weighted by Gasteiger charge is -2.29. The van der Waals surface area contributed by atoms with Crippen LogP contribution in [0, 0.1) is 11.8 Å². The summed E-state index contributed by atoms with van der Waals surface area (Å²) in [5.74, 6) is -13.2. The maximum atomic E-state index is 14.6. The molecule has 31 nitrogen and oxygen atoms in total. The third-order valence-electron chi connectivity index (χ3n) is 14.8. The number of cyclic esters (lactones) is 1. The number of amides is 10. The van der Waals surface area contributed by atoms with E-state index in [9.17, 15) is 67.7 Å². The molecule has 14 atom stereocenters. The van der Waals surface area contributed by atoms with E-state index < -0.39 is 169 Å². The molecule has 22 N–H and O–H groups in total. The van der Waals surface area contributed by atoms with Crippen LogP contribution >= 0.6 is 0 Å². The second kappa shape index (κ2) is 39.6. The quantitative estimate of drug-likeness (QED) is 0.0202. The first kappa shape index (κ1) is 75.8. The topological polar surface area (TPSA) is 514 Å². The van der Waals surface area contributed by atoms with Gasteiger partial charge in [-0.05, 0) is 116 Å². The average Bonchev–Trinajstić information content (AvgIpc) is 4.15. The number of rotatable bonds is 29. The Hall–Kier alpha value is -7.42. The van der Waals surface area contributed by atoms with Crippen LogP contribution in [0.5, 0.6) is 0 Å². The van der Waals surface area contributed by atoms with Crippen LogP contribution in [-0.2, 0) is 73.4 Å². The Kier molecular flexibility index (Phi) is 33.7. The van der Waals surface area contributed by atoms with Gasteiger partial charge >= 0.3 is 11.9 Å². The Labute approximate surface area is 518 Å². The van der Waals surface area contributed by atoms with E-state index in [1.165, 1.54) is 6.92 Å². The van der Waals surface area contributed by atoms with Crippen LogP contribution in [0.3, 0.4) is 0 Å². The van der Waals surface area contributed by atoms with Crippen LogP contribution in [0.2, 0.25) is 0 Å². The zero-order chi connectivity index (χ0) is 66.3. The molecule has 0 aromatic heterocycles. The summed E-state index contributed by atoms with van der Waals surface area (Å²) in [6.07, 6.45) is -3.77. The van der Waals surface area contributed by atoms with Gasteiger partial charge in [0.2, 0.25) is 53.2 Å². The Morgan fingerprint density at radius 1 is 0.618 bits per heavy atom. The molecule has 2 aliphatic heterocycles. The van der Waals surface area contributed by atoms with Crippen LogP contribution in [-0.4, -0.2) is 199 Å². The van der Waals surface area contributed by atoms with Gasteiger partial charge in [-0.2, -0.15) is 0 Å². The SMILES string of the molecule is CCCCCC1CC(C(=O)O[C@@H](CCN)C(=O)N[C@H](C(=O)N[C@@H](CCN)C(=O)N[C@H]2CCNC(=O)[C@H]([C@H](C)O)NC(=O)[C@H](CCCN)NC(=O)[C@H](CCN)NC(=O)[C@H](CC(C)C)NC(=O)[C@@H](Cc3ccccc3)NC(=O)[C@H](CCN)NC2=O)C(C)O)C(=O)O1. The van der Waals surface area contributed by atoms with Crippen molar-refractivity contribution in [2.45, 2.75) is 203 Å². The summed E-state index contributed by atoms with van der Waals surface area (Å²) in [4.78, 5) is 168. The standard InChI is InChI=1S/C58H97N15O16/c1-6-7-9-15-35-30-36(57(86)88-35)58(87)89-44(20-26-63)54(83)73-46(33(5)75)56(85)69-40(19-25-62)48(77)68-41-21-27-64-55(84)45(32(4)74)72-51(80)37(16-12-22-59)65-47(76)38(17-23-60)67-52(81)42(28-31(2)3)70-53(82)43(29-34-13-10-8-11-14-34)71-49(78)39(18-24-61)66-50(41)79/h8,10-11,13-14,31-33,35-46,74-75H,6-7,9,12,15-30,59-63H2,1-5H3,(H,64,84)(H,65,76)(H,66,79)(H,67,81)(H,68,77)(H,69,85)(H,70,82)(H,71,78)(H,72,80)(H,73,83)/t32-,33?,35?,36?,37-,38-,39-,40-,41-,42-,43+,44-,45-,46-/m0/s1. The molecule has 10 amide bonds. The summed E-state index contributed by atoms with van der Waals surface area (Å²) >= 11 is 0. The van der Waals surface area contributed by atoms with Crippen molar-refractivity contribution < 1.29 is 77.2 Å². The third-order valence-corrected chi connectivity index (χ3v) is 14.8. The highest BCUT2D eigenvalue weighted by Crippen LogP contribution is 2.27. The van der Waals surface area contributed by atoms with E-state index in [0.29, 0.717) is 12.0 Å².